The first-order valence-corrected chi connectivity index (χ1v) is 21.1. The van der Waals surface area contributed by atoms with E-state index in [1.165, 1.54) is 18.1 Å². The van der Waals surface area contributed by atoms with Crippen LogP contribution >= 0.6 is 27.9 Å². The summed E-state index contributed by atoms with van der Waals surface area (Å²) < 4.78 is 2.39. The fourth-order valence-electron chi connectivity index (χ4n) is 2.23. The quantitative estimate of drug-likeness (QED) is 0.429. The summed E-state index contributed by atoms with van der Waals surface area (Å²) in [6.45, 7) is 8.48. The molecule has 0 aromatic rings. The number of hydrogen-bond acceptors (Lipinski definition) is 0. The van der Waals surface area contributed by atoms with Crippen molar-refractivity contribution < 1.29 is 7.38 Å². The third kappa shape index (κ3) is 4.67. The molecule has 0 unspecified atom stereocenters. The molecule has 0 radical (unpaired) electrons. The minimum absolute atomic E-state index is 0. The molecule has 0 spiro atoms. The average molecular weight is 334 g/mol. The van der Waals surface area contributed by atoms with Crippen molar-refractivity contribution in [3.8, 4) is 0 Å². The third-order valence-electron chi connectivity index (χ3n) is 5.05. The molecule has 0 N–H and O–H groups in total. The van der Waals surface area contributed by atoms with E-state index in [2.05, 4.69) is 27.7 Å². The SMILES string of the molecule is CCC[CH2][AlH][Ti]([Cl])([Cl])([Cl])([CH2]C)([CH2]C)[CH2]C.[LiH]. The van der Waals surface area contributed by atoms with Crippen molar-refractivity contribution in [2.45, 2.75) is 60.0 Å². The van der Waals surface area contributed by atoms with E-state index < -0.39 is 19.8 Å². The Balaban J connectivity index is 0. The van der Waals surface area contributed by atoms with Gasteiger partial charge in [-0.3, -0.25) is 0 Å². The third-order valence-corrected chi connectivity index (χ3v) is 50.7. The normalized spacial score (nSPS) is 18.6. The zero-order valence-electron chi connectivity index (χ0n) is 10.6. The molecule has 0 aromatic carbocycles. The summed E-state index contributed by atoms with van der Waals surface area (Å²) in [5.41, 5.74) is 0. The monoisotopic (exact) mass is 333 g/mol. The zero-order valence-corrected chi connectivity index (χ0v) is 15.8. The van der Waals surface area contributed by atoms with Gasteiger partial charge in [0.1, 0.15) is 0 Å². The Labute approximate surface area is 125 Å². The van der Waals surface area contributed by atoms with Crippen LogP contribution in [0.4, 0.5) is 0 Å². The van der Waals surface area contributed by atoms with Gasteiger partial charge >= 0.3 is 127 Å². The van der Waals surface area contributed by atoms with E-state index in [-0.39, 0.29) is 18.9 Å². The second-order valence-corrected chi connectivity index (χ2v) is 59.5. The summed E-state index contributed by atoms with van der Waals surface area (Å²) in [6, 6.07) is 0. The predicted molar refractivity (Wildman–Crippen MR) is 83.0 cm³/mol. The Morgan fingerprint density at radius 1 is 0.875 bits per heavy atom. The molecule has 0 atom stereocenters. The van der Waals surface area contributed by atoms with Crippen LogP contribution in [0, 0.1) is 0 Å². The number of halogens is 3. The standard InChI is InChI=1S/C4H9.3C2H5.Al.3ClH.Li.Ti.2H/c1-3-4-2;3*1-2;;;;;;;;/h1,3-4H2,2H3;3*1H2,2H3;;3*1H;;;;/q;;;;;;;;;+3;;/p-3. The summed E-state index contributed by atoms with van der Waals surface area (Å²) in [4.78, 5) is 0. The second-order valence-electron chi connectivity index (χ2n) is 5.84. The van der Waals surface area contributed by atoms with Gasteiger partial charge in [-0.1, -0.05) is 0 Å². The molecule has 95 valence electrons. The van der Waals surface area contributed by atoms with Crippen molar-refractivity contribution >= 4 is 59.2 Å². The van der Waals surface area contributed by atoms with Crippen LogP contribution in [0.15, 0.2) is 0 Å². The van der Waals surface area contributed by atoms with Crippen LogP contribution in [-0.4, -0.2) is 31.3 Å². The molecule has 0 aliphatic rings. The summed E-state index contributed by atoms with van der Waals surface area (Å²) >= 11 is -0.607. The average Bonchev–Trinajstić information content (AvgIpc) is 2.21. The fraction of sp³-hybridized carbons (Fsp3) is 1.00. The molecule has 0 bridgehead atoms. The van der Waals surface area contributed by atoms with E-state index >= 15 is 0 Å². The Morgan fingerprint density at radius 3 is 1.50 bits per heavy atom. The zero-order chi connectivity index (χ0) is 12.3. The van der Waals surface area contributed by atoms with Crippen molar-refractivity contribution in [2.75, 3.05) is 0 Å². The summed E-state index contributed by atoms with van der Waals surface area (Å²) in [7, 11) is 16.7. The van der Waals surface area contributed by atoms with Gasteiger partial charge in [-0.2, -0.15) is 0 Å². The number of unbranched alkanes of at least 4 members (excludes halogenated alkanes) is 1. The molecule has 0 nitrogen and oxygen atoms in total. The van der Waals surface area contributed by atoms with Crippen molar-refractivity contribution in [1.82, 2.24) is 0 Å². The van der Waals surface area contributed by atoms with Gasteiger partial charge in [0.2, 0.25) is 0 Å². The first-order valence-electron chi connectivity index (χ1n) is 6.31. The van der Waals surface area contributed by atoms with Crippen LogP contribution < -0.4 is 0 Å². The van der Waals surface area contributed by atoms with Gasteiger partial charge in [0.25, 0.3) is 0 Å². The molecule has 0 saturated heterocycles. The molecular formula is C10H26AlCl3LiTi. The molecule has 16 heavy (non-hydrogen) atoms. The first-order chi connectivity index (χ1) is 6.53. The van der Waals surface area contributed by atoms with Crippen LogP contribution in [0.1, 0.15) is 40.5 Å². The molecule has 0 saturated carbocycles. The van der Waals surface area contributed by atoms with Gasteiger partial charge in [-0.25, -0.2) is 0 Å². The molecule has 0 fully saturated rings. The van der Waals surface area contributed by atoms with Gasteiger partial charge in [0.05, 0.1) is 0 Å². The minimum atomic E-state index is -4.54. The Bertz CT molecular complexity index is 243. The van der Waals surface area contributed by atoms with Crippen molar-refractivity contribution in [3.63, 3.8) is 0 Å². The van der Waals surface area contributed by atoms with Crippen LogP contribution in [0.2, 0.25) is 19.5 Å². The maximum absolute atomic E-state index is 7.07. The number of rotatable bonds is 7. The number of hydrogen-bond donors (Lipinski definition) is 0. The molecule has 0 aliphatic heterocycles. The van der Waals surface area contributed by atoms with Crippen LogP contribution in [0.5, 0.6) is 0 Å². The van der Waals surface area contributed by atoms with E-state index in [0.29, 0.717) is 0 Å². The van der Waals surface area contributed by atoms with Crippen LogP contribution in [0.25, 0.3) is 0 Å². The second kappa shape index (κ2) is 5.25. The van der Waals surface area contributed by atoms with Crippen molar-refractivity contribution in [2.24, 2.45) is 0 Å². The predicted octanol–water partition coefficient (Wildman–Crippen LogP) is 5.44. The van der Waals surface area contributed by atoms with E-state index in [4.69, 9.17) is 27.9 Å². The van der Waals surface area contributed by atoms with Crippen molar-refractivity contribution in [1.29, 1.82) is 0 Å². The van der Waals surface area contributed by atoms with Crippen LogP contribution in [-0.2, 0) is 7.38 Å². The first kappa shape index (κ1) is 21.0. The van der Waals surface area contributed by atoms with Gasteiger partial charge in [-0.05, 0) is 0 Å². The van der Waals surface area contributed by atoms with Gasteiger partial charge < -0.3 is 0 Å². The van der Waals surface area contributed by atoms with E-state index in [0.717, 1.165) is 14.2 Å². The van der Waals surface area contributed by atoms with Gasteiger partial charge in [0.15, 0.2) is 0 Å². The Kier molecular flexibility index (Phi) is 6.89. The Morgan fingerprint density at radius 2 is 1.25 bits per heavy atom. The van der Waals surface area contributed by atoms with Gasteiger partial charge in [0, 0.05) is 0 Å². The topological polar surface area (TPSA) is 0 Å². The summed E-state index contributed by atoms with van der Waals surface area (Å²) in [5, 5.41) is 1.19. The van der Waals surface area contributed by atoms with Crippen molar-refractivity contribution in [3.05, 3.63) is 0 Å². The van der Waals surface area contributed by atoms with E-state index in [1.807, 2.05) is 0 Å². The maximum atomic E-state index is 7.07. The fourth-order valence-corrected chi connectivity index (χ4v) is 24.0. The van der Waals surface area contributed by atoms with E-state index in [1.54, 1.807) is 0 Å². The summed E-state index contributed by atoms with van der Waals surface area (Å²) in [6.07, 6.45) is 2.44. The molecular weight excluding hydrogens is 308 g/mol. The van der Waals surface area contributed by atoms with Crippen LogP contribution in [0.3, 0.4) is 0 Å². The molecule has 0 aliphatic carbocycles. The molecule has 0 aromatic heterocycles. The molecule has 0 rings (SSSR count). The molecule has 6 heteroatoms. The molecule has 0 amide bonds. The van der Waals surface area contributed by atoms with E-state index in [9.17, 15) is 0 Å². The van der Waals surface area contributed by atoms with Gasteiger partial charge in [-0.15, -0.1) is 0 Å². The summed E-state index contributed by atoms with van der Waals surface area (Å²) in [5.74, 6) is 0. The molecule has 0 heterocycles. The Hall–Kier alpha value is 2.71.